The molecule has 0 aliphatic carbocycles. The van der Waals surface area contributed by atoms with Crippen molar-refractivity contribution in [3.8, 4) is 0 Å². The molecule has 1 aromatic rings. The Labute approximate surface area is 107 Å². The SMILES string of the molecule is Cc1ccc(C(CN)OCC2CCCCO2)s1. The van der Waals surface area contributed by atoms with Gasteiger partial charge in [0.25, 0.3) is 0 Å². The Hall–Kier alpha value is -0.420. The van der Waals surface area contributed by atoms with E-state index in [2.05, 4.69) is 19.1 Å². The van der Waals surface area contributed by atoms with E-state index in [1.807, 2.05) is 0 Å². The first-order chi connectivity index (χ1) is 8.29. The Bertz CT molecular complexity index is 334. The number of nitrogens with two attached hydrogens (primary N) is 1. The summed E-state index contributed by atoms with van der Waals surface area (Å²) >= 11 is 1.76. The third-order valence-electron chi connectivity index (χ3n) is 3.05. The van der Waals surface area contributed by atoms with E-state index in [0.29, 0.717) is 13.2 Å². The molecule has 1 aliphatic rings. The summed E-state index contributed by atoms with van der Waals surface area (Å²) in [7, 11) is 0. The fraction of sp³-hybridized carbons (Fsp3) is 0.692. The van der Waals surface area contributed by atoms with E-state index < -0.39 is 0 Å². The molecule has 2 rings (SSSR count). The molecule has 2 atom stereocenters. The summed E-state index contributed by atoms with van der Waals surface area (Å²) in [6.45, 7) is 4.18. The van der Waals surface area contributed by atoms with Crippen LogP contribution in [0.25, 0.3) is 0 Å². The largest absolute Gasteiger partial charge is 0.376 e. The summed E-state index contributed by atoms with van der Waals surface area (Å²) in [5, 5.41) is 0. The minimum Gasteiger partial charge on any atom is -0.376 e. The van der Waals surface area contributed by atoms with Crippen molar-refractivity contribution in [1.29, 1.82) is 0 Å². The zero-order valence-electron chi connectivity index (χ0n) is 10.4. The lowest BCUT2D eigenvalue weighted by Crippen LogP contribution is -2.27. The molecule has 0 radical (unpaired) electrons. The highest BCUT2D eigenvalue weighted by Crippen LogP contribution is 2.25. The monoisotopic (exact) mass is 255 g/mol. The molecule has 3 nitrogen and oxygen atoms in total. The molecule has 1 saturated heterocycles. The number of aryl methyl sites for hydroxylation is 1. The fourth-order valence-electron chi connectivity index (χ4n) is 2.06. The lowest BCUT2D eigenvalue weighted by atomic mass is 10.1. The van der Waals surface area contributed by atoms with E-state index in [1.165, 1.54) is 22.6 Å². The molecule has 17 heavy (non-hydrogen) atoms. The molecule has 0 spiro atoms. The van der Waals surface area contributed by atoms with Gasteiger partial charge in [-0.05, 0) is 38.3 Å². The van der Waals surface area contributed by atoms with Crippen LogP contribution in [0.4, 0.5) is 0 Å². The Morgan fingerprint density at radius 2 is 2.41 bits per heavy atom. The van der Waals surface area contributed by atoms with Gasteiger partial charge >= 0.3 is 0 Å². The zero-order valence-corrected chi connectivity index (χ0v) is 11.2. The van der Waals surface area contributed by atoms with E-state index in [-0.39, 0.29) is 12.2 Å². The Morgan fingerprint density at radius 3 is 3.00 bits per heavy atom. The number of hydrogen-bond donors (Lipinski definition) is 1. The average molecular weight is 255 g/mol. The molecule has 2 heterocycles. The van der Waals surface area contributed by atoms with Crippen LogP contribution >= 0.6 is 11.3 Å². The second kappa shape index (κ2) is 6.50. The normalized spacial score (nSPS) is 22.6. The molecule has 1 aliphatic heterocycles. The predicted octanol–water partition coefficient (Wildman–Crippen LogP) is 2.64. The third-order valence-corrected chi connectivity index (χ3v) is 4.14. The van der Waals surface area contributed by atoms with Crippen molar-refractivity contribution in [3.05, 3.63) is 21.9 Å². The molecule has 2 N–H and O–H groups in total. The van der Waals surface area contributed by atoms with Crippen LogP contribution in [0.5, 0.6) is 0 Å². The van der Waals surface area contributed by atoms with Crippen LogP contribution in [-0.2, 0) is 9.47 Å². The second-order valence-corrected chi connectivity index (χ2v) is 5.81. The number of hydrogen-bond acceptors (Lipinski definition) is 4. The van der Waals surface area contributed by atoms with Gasteiger partial charge in [0.2, 0.25) is 0 Å². The maximum Gasteiger partial charge on any atom is 0.104 e. The van der Waals surface area contributed by atoms with Gasteiger partial charge in [0.1, 0.15) is 6.10 Å². The van der Waals surface area contributed by atoms with Gasteiger partial charge in [-0.1, -0.05) is 0 Å². The lowest BCUT2D eigenvalue weighted by molar-refractivity contribution is -0.0610. The van der Waals surface area contributed by atoms with Crippen LogP contribution < -0.4 is 5.73 Å². The van der Waals surface area contributed by atoms with Gasteiger partial charge in [-0.25, -0.2) is 0 Å². The molecule has 0 amide bonds. The van der Waals surface area contributed by atoms with Gasteiger partial charge in [0.15, 0.2) is 0 Å². The van der Waals surface area contributed by atoms with Crippen molar-refractivity contribution < 1.29 is 9.47 Å². The highest BCUT2D eigenvalue weighted by atomic mass is 32.1. The molecule has 4 heteroatoms. The molecule has 96 valence electrons. The van der Waals surface area contributed by atoms with E-state index in [4.69, 9.17) is 15.2 Å². The number of thiophene rings is 1. The van der Waals surface area contributed by atoms with Gasteiger partial charge in [-0.15, -0.1) is 11.3 Å². The number of rotatable bonds is 5. The lowest BCUT2D eigenvalue weighted by Gasteiger charge is -2.24. The van der Waals surface area contributed by atoms with Crippen LogP contribution in [0, 0.1) is 6.92 Å². The predicted molar refractivity (Wildman–Crippen MR) is 70.4 cm³/mol. The van der Waals surface area contributed by atoms with Crippen molar-refractivity contribution in [3.63, 3.8) is 0 Å². The van der Waals surface area contributed by atoms with Crippen molar-refractivity contribution in [2.75, 3.05) is 19.8 Å². The van der Waals surface area contributed by atoms with E-state index in [9.17, 15) is 0 Å². The summed E-state index contributed by atoms with van der Waals surface area (Å²) in [5.41, 5.74) is 5.77. The van der Waals surface area contributed by atoms with Crippen LogP contribution in [0.15, 0.2) is 12.1 Å². The second-order valence-electron chi connectivity index (χ2n) is 4.49. The van der Waals surface area contributed by atoms with Gasteiger partial charge in [0, 0.05) is 22.9 Å². The molecule has 1 aromatic heterocycles. The average Bonchev–Trinajstić information content (AvgIpc) is 2.78. The summed E-state index contributed by atoms with van der Waals surface area (Å²) in [4.78, 5) is 2.52. The Kier molecular flexibility index (Phi) is 4.98. The summed E-state index contributed by atoms with van der Waals surface area (Å²) < 4.78 is 11.5. The third kappa shape index (κ3) is 3.78. The minimum absolute atomic E-state index is 0.0271. The smallest absolute Gasteiger partial charge is 0.104 e. The summed E-state index contributed by atoms with van der Waals surface area (Å²) in [6, 6.07) is 4.22. The molecular weight excluding hydrogens is 234 g/mol. The molecular formula is C13H21NO2S. The zero-order chi connectivity index (χ0) is 12.1. The van der Waals surface area contributed by atoms with Gasteiger partial charge < -0.3 is 15.2 Å². The highest BCUT2D eigenvalue weighted by Gasteiger charge is 2.18. The van der Waals surface area contributed by atoms with Gasteiger partial charge in [-0.2, -0.15) is 0 Å². The molecule has 1 fully saturated rings. The maximum atomic E-state index is 5.89. The minimum atomic E-state index is 0.0271. The van der Waals surface area contributed by atoms with E-state index in [1.54, 1.807) is 11.3 Å². The highest BCUT2D eigenvalue weighted by molar-refractivity contribution is 7.12. The van der Waals surface area contributed by atoms with Crippen molar-refractivity contribution in [2.45, 2.75) is 38.4 Å². The van der Waals surface area contributed by atoms with Gasteiger partial charge in [-0.3, -0.25) is 0 Å². The molecule has 0 saturated carbocycles. The van der Waals surface area contributed by atoms with Crippen LogP contribution in [0.2, 0.25) is 0 Å². The standard InChI is InChI=1S/C13H21NO2S/c1-10-5-6-13(17-10)12(8-14)16-9-11-4-2-3-7-15-11/h5-6,11-12H,2-4,7-9,14H2,1H3. The van der Waals surface area contributed by atoms with Crippen LogP contribution in [-0.4, -0.2) is 25.9 Å². The Morgan fingerprint density at radius 1 is 1.53 bits per heavy atom. The van der Waals surface area contributed by atoms with Crippen molar-refractivity contribution in [1.82, 2.24) is 0 Å². The van der Waals surface area contributed by atoms with Crippen LogP contribution in [0.3, 0.4) is 0 Å². The molecule has 2 unspecified atom stereocenters. The van der Waals surface area contributed by atoms with Crippen molar-refractivity contribution >= 4 is 11.3 Å². The first-order valence-corrected chi connectivity index (χ1v) is 7.11. The number of ether oxygens (including phenoxy) is 2. The van der Waals surface area contributed by atoms with Gasteiger partial charge in [0.05, 0.1) is 12.7 Å². The Balaban J connectivity index is 1.82. The van der Waals surface area contributed by atoms with E-state index >= 15 is 0 Å². The van der Waals surface area contributed by atoms with Crippen molar-refractivity contribution in [2.24, 2.45) is 5.73 Å². The summed E-state index contributed by atoms with van der Waals surface area (Å²) in [6.07, 6.45) is 3.83. The summed E-state index contributed by atoms with van der Waals surface area (Å²) in [5.74, 6) is 0. The molecule has 0 aromatic carbocycles. The fourth-order valence-corrected chi connectivity index (χ4v) is 2.99. The first kappa shape index (κ1) is 13.0. The van der Waals surface area contributed by atoms with E-state index in [0.717, 1.165) is 13.0 Å². The quantitative estimate of drug-likeness (QED) is 0.879. The van der Waals surface area contributed by atoms with Crippen LogP contribution in [0.1, 0.15) is 35.1 Å². The molecule has 0 bridgehead atoms. The first-order valence-electron chi connectivity index (χ1n) is 6.29. The maximum absolute atomic E-state index is 5.89. The topological polar surface area (TPSA) is 44.5 Å².